The average molecular weight is 227 g/mol. The molecule has 3 heteroatoms. The maximum atomic E-state index is 5.77. The minimum absolute atomic E-state index is 0.728. The van der Waals surface area contributed by atoms with Gasteiger partial charge in [0, 0.05) is 12.7 Å². The first-order valence-corrected chi connectivity index (χ1v) is 5.61. The van der Waals surface area contributed by atoms with E-state index in [9.17, 15) is 0 Å². The molecule has 17 heavy (non-hydrogen) atoms. The van der Waals surface area contributed by atoms with Gasteiger partial charge in [-0.05, 0) is 43.7 Å². The third-order valence-electron chi connectivity index (χ3n) is 2.84. The molecule has 1 aromatic carbocycles. The Balaban J connectivity index is 2.36. The number of rotatable bonds is 2. The summed E-state index contributed by atoms with van der Waals surface area (Å²) < 4.78 is 0. The highest BCUT2D eigenvalue weighted by atomic mass is 15.2. The lowest BCUT2D eigenvalue weighted by atomic mass is 10.2. The normalized spacial score (nSPS) is 10.3. The maximum absolute atomic E-state index is 5.77. The van der Waals surface area contributed by atoms with Gasteiger partial charge in [-0.2, -0.15) is 0 Å². The molecule has 2 N–H and O–H groups in total. The van der Waals surface area contributed by atoms with Crippen LogP contribution in [0, 0.1) is 13.8 Å². The van der Waals surface area contributed by atoms with Crippen molar-refractivity contribution in [1.29, 1.82) is 0 Å². The van der Waals surface area contributed by atoms with Crippen molar-refractivity contribution in [2.45, 2.75) is 13.8 Å². The molecule has 1 aromatic heterocycles. The van der Waals surface area contributed by atoms with Crippen molar-refractivity contribution in [2.24, 2.45) is 0 Å². The molecule has 0 amide bonds. The molecule has 3 nitrogen and oxygen atoms in total. The van der Waals surface area contributed by atoms with Crippen LogP contribution in [-0.2, 0) is 0 Å². The van der Waals surface area contributed by atoms with Crippen LogP contribution in [0.1, 0.15) is 11.3 Å². The molecule has 2 aromatic rings. The fourth-order valence-corrected chi connectivity index (χ4v) is 1.71. The number of nitrogens with zero attached hydrogens (tertiary/aromatic N) is 2. The molecule has 0 spiro atoms. The van der Waals surface area contributed by atoms with Crippen LogP contribution in [-0.4, -0.2) is 12.0 Å². The molecule has 0 aliphatic rings. The van der Waals surface area contributed by atoms with Gasteiger partial charge in [-0.1, -0.05) is 12.1 Å². The molecule has 0 saturated carbocycles. The van der Waals surface area contributed by atoms with Gasteiger partial charge in [-0.25, -0.2) is 4.98 Å². The number of hydrogen-bond donors (Lipinski definition) is 1. The Kier molecular flexibility index (Phi) is 3.00. The minimum atomic E-state index is 0.728. The van der Waals surface area contributed by atoms with Crippen LogP contribution >= 0.6 is 0 Å². The molecule has 88 valence electrons. The summed E-state index contributed by atoms with van der Waals surface area (Å²) in [7, 11) is 2.01. The van der Waals surface area contributed by atoms with Crippen LogP contribution in [0.2, 0.25) is 0 Å². The van der Waals surface area contributed by atoms with E-state index in [1.807, 2.05) is 32.2 Å². The van der Waals surface area contributed by atoms with E-state index in [0.29, 0.717) is 0 Å². The van der Waals surface area contributed by atoms with Crippen LogP contribution in [0.3, 0.4) is 0 Å². The number of anilines is 3. The second-order valence-electron chi connectivity index (χ2n) is 4.24. The third kappa shape index (κ3) is 2.38. The van der Waals surface area contributed by atoms with Crippen molar-refractivity contribution in [3.05, 3.63) is 47.7 Å². The number of pyridine rings is 1. The number of hydrogen-bond acceptors (Lipinski definition) is 3. The molecule has 0 bridgehead atoms. The lowest BCUT2D eigenvalue weighted by Gasteiger charge is -2.19. The average Bonchev–Trinajstić information content (AvgIpc) is 2.32. The molecule has 1 heterocycles. The van der Waals surface area contributed by atoms with E-state index >= 15 is 0 Å². The Labute approximate surface area is 102 Å². The Morgan fingerprint density at radius 2 is 1.88 bits per heavy atom. The number of aromatic nitrogens is 1. The summed E-state index contributed by atoms with van der Waals surface area (Å²) in [6.07, 6.45) is 0. The van der Waals surface area contributed by atoms with Gasteiger partial charge in [-0.15, -0.1) is 0 Å². The number of aryl methyl sites for hydroxylation is 2. The van der Waals surface area contributed by atoms with Crippen LogP contribution < -0.4 is 10.6 Å². The SMILES string of the molecule is Cc1cccc(N(C)c2ccc(N)c(C)n2)c1. The van der Waals surface area contributed by atoms with Crippen LogP contribution in [0.15, 0.2) is 36.4 Å². The predicted molar refractivity (Wildman–Crippen MR) is 72.6 cm³/mol. The minimum Gasteiger partial charge on any atom is -0.397 e. The second kappa shape index (κ2) is 4.45. The second-order valence-corrected chi connectivity index (χ2v) is 4.24. The van der Waals surface area contributed by atoms with E-state index < -0.39 is 0 Å². The maximum Gasteiger partial charge on any atom is 0.133 e. The highest BCUT2D eigenvalue weighted by molar-refractivity contribution is 5.61. The fraction of sp³-hybridized carbons (Fsp3) is 0.214. The van der Waals surface area contributed by atoms with Crippen LogP contribution in [0.25, 0.3) is 0 Å². The quantitative estimate of drug-likeness (QED) is 0.857. The lowest BCUT2D eigenvalue weighted by Crippen LogP contribution is -2.12. The Morgan fingerprint density at radius 1 is 1.12 bits per heavy atom. The van der Waals surface area contributed by atoms with Crippen LogP contribution in [0.4, 0.5) is 17.2 Å². The first-order chi connectivity index (χ1) is 8.08. The van der Waals surface area contributed by atoms with E-state index in [-0.39, 0.29) is 0 Å². The zero-order chi connectivity index (χ0) is 12.4. The first kappa shape index (κ1) is 11.5. The van der Waals surface area contributed by atoms with Crippen molar-refractivity contribution in [2.75, 3.05) is 17.7 Å². The van der Waals surface area contributed by atoms with Gasteiger partial charge in [0.05, 0.1) is 11.4 Å². The summed E-state index contributed by atoms with van der Waals surface area (Å²) in [5, 5.41) is 0. The van der Waals surface area contributed by atoms with Crippen LogP contribution in [0.5, 0.6) is 0 Å². The summed E-state index contributed by atoms with van der Waals surface area (Å²) in [4.78, 5) is 6.53. The molecule has 0 fully saturated rings. The highest BCUT2D eigenvalue weighted by Crippen LogP contribution is 2.23. The molecular weight excluding hydrogens is 210 g/mol. The van der Waals surface area contributed by atoms with E-state index in [2.05, 4.69) is 35.0 Å². The molecule has 0 atom stereocenters. The molecule has 2 rings (SSSR count). The standard InChI is InChI=1S/C14H17N3/c1-10-5-4-6-12(9-10)17(3)14-8-7-13(15)11(2)16-14/h4-9H,15H2,1-3H3. The monoisotopic (exact) mass is 227 g/mol. The largest absolute Gasteiger partial charge is 0.397 e. The van der Waals surface area contributed by atoms with Crippen molar-refractivity contribution < 1.29 is 0 Å². The van der Waals surface area contributed by atoms with Gasteiger partial charge < -0.3 is 10.6 Å². The summed E-state index contributed by atoms with van der Waals surface area (Å²) in [6, 6.07) is 12.2. The van der Waals surface area contributed by atoms with Gasteiger partial charge >= 0.3 is 0 Å². The Hall–Kier alpha value is -2.03. The van der Waals surface area contributed by atoms with Crippen molar-refractivity contribution in [3.63, 3.8) is 0 Å². The van der Waals surface area contributed by atoms with Gasteiger partial charge in [-0.3, -0.25) is 0 Å². The number of benzene rings is 1. The zero-order valence-corrected chi connectivity index (χ0v) is 10.4. The lowest BCUT2D eigenvalue weighted by molar-refractivity contribution is 1.09. The zero-order valence-electron chi connectivity index (χ0n) is 10.4. The Morgan fingerprint density at radius 3 is 2.53 bits per heavy atom. The summed E-state index contributed by atoms with van der Waals surface area (Å²) in [5.41, 5.74) is 9.73. The van der Waals surface area contributed by atoms with E-state index in [1.54, 1.807) is 0 Å². The number of nitrogen functional groups attached to an aromatic ring is 1. The predicted octanol–water partition coefficient (Wildman–Crippen LogP) is 3.05. The highest BCUT2D eigenvalue weighted by Gasteiger charge is 2.06. The number of nitrogens with two attached hydrogens (primary N) is 1. The molecular formula is C14H17N3. The smallest absolute Gasteiger partial charge is 0.133 e. The fourth-order valence-electron chi connectivity index (χ4n) is 1.71. The van der Waals surface area contributed by atoms with Gasteiger partial charge in [0.15, 0.2) is 0 Å². The molecule has 0 unspecified atom stereocenters. The molecule has 0 saturated heterocycles. The topological polar surface area (TPSA) is 42.1 Å². The molecule has 0 aliphatic heterocycles. The summed E-state index contributed by atoms with van der Waals surface area (Å²) in [5.74, 6) is 0.905. The summed E-state index contributed by atoms with van der Waals surface area (Å²) >= 11 is 0. The van der Waals surface area contributed by atoms with Crippen molar-refractivity contribution in [3.8, 4) is 0 Å². The van der Waals surface area contributed by atoms with E-state index in [4.69, 9.17) is 5.73 Å². The Bertz CT molecular complexity index is 535. The first-order valence-electron chi connectivity index (χ1n) is 5.61. The molecule has 0 aliphatic carbocycles. The summed E-state index contributed by atoms with van der Waals surface area (Å²) in [6.45, 7) is 4.00. The van der Waals surface area contributed by atoms with Crippen molar-refractivity contribution >= 4 is 17.2 Å². The van der Waals surface area contributed by atoms with E-state index in [0.717, 1.165) is 22.9 Å². The van der Waals surface area contributed by atoms with Gasteiger partial charge in [0.1, 0.15) is 5.82 Å². The third-order valence-corrected chi connectivity index (χ3v) is 2.84. The molecule has 0 radical (unpaired) electrons. The van der Waals surface area contributed by atoms with E-state index in [1.165, 1.54) is 5.56 Å². The van der Waals surface area contributed by atoms with Gasteiger partial charge in [0.25, 0.3) is 0 Å². The van der Waals surface area contributed by atoms with Crippen molar-refractivity contribution in [1.82, 2.24) is 4.98 Å². The van der Waals surface area contributed by atoms with Gasteiger partial charge in [0.2, 0.25) is 0 Å².